The summed E-state index contributed by atoms with van der Waals surface area (Å²) in [5, 5.41) is 6.06. The van der Waals surface area contributed by atoms with Crippen LogP contribution in [0.5, 0.6) is 5.75 Å². The molecule has 2 aromatic carbocycles. The van der Waals surface area contributed by atoms with Crippen LogP contribution in [-0.4, -0.2) is 17.9 Å². The number of benzene rings is 2. The molecule has 0 radical (unpaired) electrons. The number of rotatable bonds is 5. The van der Waals surface area contributed by atoms with Crippen molar-refractivity contribution in [2.24, 2.45) is 0 Å². The number of hydrogen-bond acceptors (Lipinski definition) is 5. The molecule has 0 atom stereocenters. The maximum Gasteiger partial charge on any atom is 0.187 e. The summed E-state index contributed by atoms with van der Waals surface area (Å²) in [7, 11) is 1.65. The van der Waals surface area contributed by atoms with Crippen molar-refractivity contribution in [1.29, 1.82) is 0 Å². The number of anilines is 2. The number of nitrogens with zero attached hydrogens (tertiary/aromatic N) is 1. The average molecular weight is 324 g/mol. The summed E-state index contributed by atoms with van der Waals surface area (Å²) in [5.74, 6) is 0.871. The highest BCUT2D eigenvalue weighted by molar-refractivity contribution is 7.14. The van der Waals surface area contributed by atoms with Crippen LogP contribution in [-0.2, 0) is 0 Å². The van der Waals surface area contributed by atoms with Gasteiger partial charge in [0.2, 0.25) is 0 Å². The molecule has 0 bridgehead atoms. The lowest BCUT2D eigenvalue weighted by Crippen LogP contribution is -1.93. The molecule has 0 aliphatic carbocycles. The molecule has 0 aliphatic heterocycles. The summed E-state index contributed by atoms with van der Waals surface area (Å²) in [6.07, 6.45) is 0. The monoisotopic (exact) mass is 324 g/mol. The van der Waals surface area contributed by atoms with Gasteiger partial charge in [-0.25, -0.2) is 4.98 Å². The van der Waals surface area contributed by atoms with E-state index in [4.69, 9.17) is 4.74 Å². The van der Waals surface area contributed by atoms with E-state index in [-0.39, 0.29) is 5.78 Å². The molecular weight excluding hydrogens is 308 g/mol. The quantitative estimate of drug-likeness (QED) is 0.687. The average Bonchev–Trinajstić information content (AvgIpc) is 3.04. The first-order valence-electron chi connectivity index (χ1n) is 7.13. The highest BCUT2D eigenvalue weighted by Crippen LogP contribution is 2.29. The summed E-state index contributed by atoms with van der Waals surface area (Å²) >= 11 is 1.53. The van der Waals surface area contributed by atoms with E-state index < -0.39 is 0 Å². The molecule has 0 unspecified atom stereocenters. The molecule has 4 nitrogen and oxygen atoms in total. The third-order valence-electron chi connectivity index (χ3n) is 3.41. The Hall–Kier alpha value is -2.66. The fraction of sp³-hybridized carbons (Fsp3) is 0.111. The van der Waals surface area contributed by atoms with Gasteiger partial charge in [-0.3, -0.25) is 4.79 Å². The molecule has 1 heterocycles. The van der Waals surface area contributed by atoms with Gasteiger partial charge in [0.15, 0.2) is 10.9 Å². The van der Waals surface area contributed by atoms with Crippen molar-refractivity contribution < 1.29 is 9.53 Å². The van der Waals surface area contributed by atoms with Crippen LogP contribution in [0.3, 0.4) is 0 Å². The Balaban J connectivity index is 1.77. The van der Waals surface area contributed by atoms with E-state index in [1.165, 1.54) is 11.3 Å². The van der Waals surface area contributed by atoms with E-state index in [0.717, 1.165) is 27.8 Å². The van der Waals surface area contributed by atoms with Gasteiger partial charge in [-0.1, -0.05) is 12.1 Å². The van der Waals surface area contributed by atoms with Crippen molar-refractivity contribution in [3.63, 3.8) is 0 Å². The van der Waals surface area contributed by atoms with Crippen LogP contribution in [0.1, 0.15) is 17.3 Å². The van der Waals surface area contributed by atoms with Gasteiger partial charge in [-0.15, -0.1) is 11.3 Å². The molecule has 3 rings (SSSR count). The summed E-state index contributed by atoms with van der Waals surface area (Å²) in [5.41, 5.74) is 3.52. The molecule has 0 aliphatic rings. The second-order valence-corrected chi connectivity index (χ2v) is 5.89. The van der Waals surface area contributed by atoms with E-state index >= 15 is 0 Å². The minimum Gasteiger partial charge on any atom is -0.497 e. The molecule has 116 valence electrons. The van der Waals surface area contributed by atoms with E-state index in [9.17, 15) is 4.79 Å². The molecule has 0 saturated heterocycles. The highest BCUT2D eigenvalue weighted by Gasteiger charge is 2.06. The van der Waals surface area contributed by atoms with Crippen molar-refractivity contribution in [1.82, 2.24) is 4.98 Å². The normalized spacial score (nSPS) is 10.3. The van der Waals surface area contributed by atoms with Gasteiger partial charge in [-0.05, 0) is 43.3 Å². The van der Waals surface area contributed by atoms with Gasteiger partial charge in [-0.2, -0.15) is 0 Å². The van der Waals surface area contributed by atoms with Crippen molar-refractivity contribution in [3.8, 4) is 17.0 Å². The second kappa shape index (κ2) is 6.62. The number of nitrogens with one attached hydrogen (secondary N) is 1. The predicted octanol–water partition coefficient (Wildman–Crippen LogP) is 4.76. The van der Waals surface area contributed by atoms with Crippen molar-refractivity contribution in [2.75, 3.05) is 12.4 Å². The van der Waals surface area contributed by atoms with Crippen molar-refractivity contribution >= 4 is 27.9 Å². The number of ether oxygens (including phenoxy) is 1. The first-order chi connectivity index (χ1) is 11.2. The number of ketones is 1. The smallest absolute Gasteiger partial charge is 0.187 e. The lowest BCUT2D eigenvalue weighted by molar-refractivity contribution is 0.101. The minimum absolute atomic E-state index is 0.0612. The Labute approximate surface area is 138 Å². The highest BCUT2D eigenvalue weighted by atomic mass is 32.1. The Bertz CT molecular complexity index is 825. The molecule has 0 spiro atoms. The Kier molecular flexibility index (Phi) is 4.39. The van der Waals surface area contributed by atoms with Crippen LogP contribution in [0.25, 0.3) is 11.3 Å². The maximum absolute atomic E-state index is 11.3. The standard InChI is InChI=1S/C18H16N2O2S/c1-12(21)13-6-8-15(9-7-13)19-18-20-17(11-23-18)14-4-3-5-16(10-14)22-2/h3-11H,1-2H3,(H,19,20). The van der Waals surface area contributed by atoms with Gasteiger partial charge in [0.1, 0.15) is 5.75 Å². The topological polar surface area (TPSA) is 51.2 Å². The number of Topliss-reactive ketones (excluding diaryl/α,β-unsaturated/α-hetero) is 1. The predicted molar refractivity (Wildman–Crippen MR) is 93.8 cm³/mol. The molecule has 0 saturated carbocycles. The van der Waals surface area contributed by atoms with E-state index in [1.54, 1.807) is 26.2 Å². The molecule has 1 aromatic heterocycles. The van der Waals surface area contributed by atoms with Gasteiger partial charge >= 0.3 is 0 Å². The molecule has 3 aromatic rings. The number of carbonyl (C=O) groups is 1. The SMILES string of the molecule is COc1cccc(-c2csc(Nc3ccc(C(C)=O)cc3)n2)c1. The largest absolute Gasteiger partial charge is 0.497 e. The molecule has 23 heavy (non-hydrogen) atoms. The number of methoxy groups -OCH3 is 1. The van der Waals surface area contributed by atoms with E-state index in [1.807, 2.05) is 41.8 Å². The summed E-state index contributed by atoms with van der Waals surface area (Å²) < 4.78 is 5.24. The number of hydrogen-bond donors (Lipinski definition) is 1. The molecule has 1 N–H and O–H groups in total. The Morgan fingerprint density at radius 2 is 1.96 bits per heavy atom. The van der Waals surface area contributed by atoms with Crippen molar-refractivity contribution in [3.05, 3.63) is 59.5 Å². The third kappa shape index (κ3) is 3.57. The first-order valence-corrected chi connectivity index (χ1v) is 8.01. The van der Waals surface area contributed by atoms with Crippen LogP contribution in [0.2, 0.25) is 0 Å². The number of carbonyl (C=O) groups excluding carboxylic acids is 1. The van der Waals surface area contributed by atoms with Crippen LogP contribution < -0.4 is 10.1 Å². The zero-order chi connectivity index (χ0) is 16.2. The summed E-state index contributed by atoms with van der Waals surface area (Å²) in [6.45, 7) is 1.56. The number of thiazole rings is 1. The fourth-order valence-corrected chi connectivity index (χ4v) is 2.90. The van der Waals surface area contributed by atoms with Crippen molar-refractivity contribution in [2.45, 2.75) is 6.92 Å². The zero-order valence-corrected chi connectivity index (χ0v) is 13.7. The molecule has 0 amide bonds. The number of aromatic nitrogens is 1. The van der Waals surface area contributed by atoms with Gasteiger partial charge in [0.05, 0.1) is 12.8 Å². The molecular formula is C18H16N2O2S. The summed E-state index contributed by atoms with van der Waals surface area (Å²) in [6, 6.07) is 15.2. The Morgan fingerprint density at radius 1 is 1.17 bits per heavy atom. The fourth-order valence-electron chi connectivity index (χ4n) is 2.16. The third-order valence-corrected chi connectivity index (χ3v) is 4.17. The van der Waals surface area contributed by atoms with Crippen LogP contribution >= 0.6 is 11.3 Å². The lowest BCUT2D eigenvalue weighted by Gasteiger charge is -2.03. The molecule has 5 heteroatoms. The molecule has 0 fully saturated rings. The first kappa shape index (κ1) is 15.2. The summed E-state index contributed by atoms with van der Waals surface area (Å²) in [4.78, 5) is 15.9. The maximum atomic E-state index is 11.3. The van der Waals surface area contributed by atoms with Crippen LogP contribution in [0.4, 0.5) is 10.8 Å². The minimum atomic E-state index is 0.0612. The lowest BCUT2D eigenvalue weighted by atomic mass is 10.1. The van der Waals surface area contributed by atoms with E-state index in [2.05, 4.69) is 10.3 Å². The van der Waals surface area contributed by atoms with Crippen LogP contribution in [0.15, 0.2) is 53.9 Å². The van der Waals surface area contributed by atoms with E-state index in [0.29, 0.717) is 5.56 Å². The van der Waals surface area contributed by atoms with Crippen LogP contribution in [0, 0.1) is 0 Å². The second-order valence-electron chi connectivity index (χ2n) is 5.03. The van der Waals surface area contributed by atoms with Gasteiger partial charge < -0.3 is 10.1 Å². The zero-order valence-electron chi connectivity index (χ0n) is 12.9. The van der Waals surface area contributed by atoms with Gasteiger partial charge in [0.25, 0.3) is 0 Å². The van der Waals surface area contributed by atoms with Gasteiger partial charge in [0, 0.05) is 22.2 Å². The Morgan fingerprint density at radius 3 is 2.65 bits per heavy atom.